The summed E-state index contributed by atoms with van der Waals surface area (Å²) in [5.74, 6) is -0.700. The van der Waals surface area contributed by atoms with Gasteiger partial charge in [-0.25, -0.2) is 0 Å². The van der Waals surface area contributed by atoms with Crippen molar-refractivity contribution in [1.82, 2.24) is 10.6 Å². The Kier molecular flexibility index (Phi) is 10.2. The SMILES string of the molecule is O=C(NCCCCCCNC(=O)c1cc([N+](=O)[O-])ccc1I)c1cc([N+](=O)[O-])ccc1I. The standard InChI is InChI=1S/C20H20I2N4O6/c21-17-7-5-13(25(29)30)11-15(17)19(27)23-9-3-1-2-4-10-24-20(28)16-12-14(26(31)32)6-8-18(16)22/h5-8,11-12H,1-4,9-10H2,(H,23,27)(H,24,28). The molecule has 0 aliphatic heterocycles. The Labute approximate surface area is 211 Å². The first-order chi connectivity index (χ1) is 15.2. The van der Waals surface area contributed by atoms with Gasteiger partial charge in [0.15, 0.2) is 0 Å². The summed E-state index contributed by atoms with van der Waals surface area (Å²) >= 11 is 3.93. The second-order valence-electron chi connectivity index (χ2n) is 6.77. The molecule has 0 fully saturated rings. The Morgan fingerprint density at radius 3 is 1.44 bits per heavy atom. The maximum Gasteiger partial charge on any atom is 0.270 e. The zero-order chi connectivity index (χ0) is 23.7. The van der Waals surface area contributed by atoms with E-state index in [1.54, 1.807) is 0 Å². The quantitative estimate of drug-likeness (QED) is 0.157. The number of unbranched alkanes of at least 4 members (excludes halogenated alkanes) is 3. The van der Waals surface area contributed by atoms with E-state index >= 15 is 0 Å². The molecule has 0 aliphatic carbocycles. The number of hydrogen-bond donors (Lipinski definition) is 2. The Hall–Kier alpha value is -2.36. The summed E-state index contributed by atoms with van der Waals surface area (Å²) in [5.41, 5.74) is 0.298. The third-order valence-electron chi connectivity index (χ3n) is 4.49. The number of nitro groups is 2. The Morgan fingerprint density at radius 2 is 1.09 bits per heavy atom. The van der Waals surface area contributed by atoms with Crippen LogP contribution in [0.1, 0.15) is 46.4 Å². The first-order valence-electron chi connectivity index (χ1n) is 9.65. The summed E-state index contributed by atoms with van der Waals surface area (Å²) in [6, 6.07) is 8.33. The maximum atomic E-state index is 12.3. The minimum absolute atomic E-state index is 0.127. The fraction of sp³-hybridized carbons (Fsp3) is 0.300. The molecule has 2 aromatic carbocycles. The Balaban J connectivity index is 1.67. The molecule has 2 rings (SSSR count). The van der Waals surface area contributed by atoms with Gasteiger partial charge in [0.05, 0.1) is 21.0 Å². The van der Waals surface area contributed by atoms with Crippen molar-refractivity contribution in [2.45, 2.75) is 25.7 Å². The molecule has 10 nitrogen and oxygen atoms in total. The number of nitrogens with zero attached hydrogens (tertiary/aromatic N) is 2. The summed E-state index contributed by atoms with van der Waals surface area (Å²) < 4.78 is 1.28. The third kappa shape index (κ3) is 7.65. The average Bonchev–Trinajstić information content (AvgIpc) is 2.75. The smallest absolute Gasteiger partial charge is 0.270 e. The van der Waals surface area contributed by atoms with Gasteiger partial charge in [-0.05, 0) is 70.2 Å². The number of rotatable bonds is 11. The molecule has 2 aromatic rings. The van der Waals surface area contributed by atoms with Crippen LogP contribution in [0.4, 0.5) is 11.4 Å². The number of halogens is 2. The van der Waals surface area contributed by atoms with E-state index in [-0.39, 0.29) is 34.3 Å². The van der Waals surface area contributed by atoms with Crippen molar-refractivity contribution in [3.05, 3.63) is 74.9 Å². The van der Waals surface area contributed by atoms with E-state index in [1.807, 2.05) is 45.2 Å². The van der Waals surface area contributed by atoms with Crippen LogP contribution in [0.5, 0.6) is 0 Å². The second kappa shape index (κ2) is 12.6. The van der Waals surface area contributed by atoms with Crippen LogP contribution in [0.3, 0.4) is 0 Å². The van der Waals surface area contributed by atoms with Crippen molar-refractivity contribution < 1.29 is 19.4 Å². The summed E-state index contributed by atoms with van der Waals surface area (Å²) in [4.78, 5) is 45.2. The molecule has 0 saturated heterocycles. The van der Waals surface area contributed by atoms with Crippen LogP contribution in [-0.4, -0.2) is 34.8 Å². The molecule has 170 valence electrons. The number of benzene rings is 2. The molecule has 0 saturated carbocycles. The van der Waals surface area contributed by atoms with Gasteiger partial charge < -0.3 is 10.6 Å². The van der Waals surface area contributed by atoms with Crippen molar-refractivity contribution in [3.63, 3.8) is 0 Å². The topological polar surface area (TPSA) is 144 Å². The molecule has 2 N–H and O–H groups in total. The van der Waals surface area contributed by atoms with Crippen LogP contribution in [0, 0.1) is 27.4 Å². The molecule has 0 unspecified atom stereocenters. The summed E-state index contributed by atoms with van der Waals surface area (Å²) in [6.07, 6.45) is 3.12. The number of carbonyl (C=O) groups is 2. The van der Waals surface area contributed by atoms with E-state index in [9.17, 15) is 29.8 Å². The first-order valence-corrected chi connectivity index (χ1v) is 11.8. The fourth-order valence-electron chi connectivity index (χ4n) is 2.80. The van der Waals surface area contributed by atoms with Crippen molar-refractivity contribution in [2.75, 3.05) is 13.1 Å². The molecular weight excluding hydrogens is 646 g/mol. The van der Waals surface area contributed by atoms with Gasteiger partial charge in [-0.1, -0.05) is 12.8 Å². The number of nitrogens with one attached hydrogen (secondary N) is 2. The second-order valence-corrected chi connectivity index (χ2v) is 9.09. The van der Waals surface area contributed by atoms with Crippen LogP contribution in [-0.2, 0) is 0 Å². The molecule has 0 bridgehead atoms. The number of hydrogen-bond acceptors (Lipinski definition) is 6. The molecular formula is C20H20I2N4O6. The van der Waals surface area contributed by atoms with Gasteiger partial charge in [-0.15, -0.1) is 0 Å². The zero-order valence-electron chi connectivity index (χ0n) is 16.8. The lowest BCUT2D eigenvalue weighted by Gasteiger charge is -2.08. The van der Waals surface area contributed by atoms with Gasteiger partial charge in [0, 0.05) is 44.5 Å². The highest BCUT2D eigenvalue weighted by Crippen LogP contribution is 2.20. The minimum Gasteiger partial charge on any atom is -0.352 e. The molecule has 0 atom stereocenters. The third-order valence-corrected chi connectivity index (χ3v) is 6.37. The predicted octanol–water partition coefficient (Wildman–Crippen LogP) is 4.43. The lowest BCUT2D eigenvalue weighted by atomic mass is 10.1. The number of carbonyl (C=O) groups excluding carboxylic acids is 2. The summed E-state index contributed by atoms with van der Waals surface area (Å²) in [5, 5.41) is 27.3. The van der Waals surface area contributed by atoms with E-state index in [4.69, 9.17) is 0 Å². The number of non-ortho nitro benzene ring substituents is 2. The lowest BCUT2D eigenvalue weighted by molar-refractivity contribution is -0.385. The van der Waals surface area contributed by atoms with Gasteiger partial charge in [-0.2, -0.15) is 0 Å². The van der Waals surface area contributed by atoms with Crippen LogP contribution >= 0.6 is 45.2 Å². The summed E-state index contributed by atoms with van der Waals surface area (Å²) in [6.45, 7) is 0.881. The van der Waals surface area contributed by atoms with E-state index in [1.165, 1.54) is 36.4 Å². The molecule has 12 heteroatoms. The molecule has 0 radical (unpaired) electrons. The van der Waals surface area contributed by atoms with E-state index in [0.29, 0.717) is 20.2 Å². The molecule has 0 aromatic heterocycles. The number of nitro benzene ring substituents is 2. The van der Waals surface area contributed by atoms with Crippen LogP contribution in [0.25, 0.3) is 0 Å². The Morgan fingerprint density at radius 1 is 0.719 bits per heavy atom. The van der Waals surface area contributed by atoms with Crippen molar-refractivity contribution in [2.24, 2.45) is 0 Å². The monoisotopic (exact) mass is 666 g/mol. The summed E-state index contributed by atoms with van der Waals surface area (Å²) in [7, 11) is 0. The molecule has 2 amide bonds. The lowest BCUT2D eigenvalue weighted by Crippen LogP contribution is -2.26. The average molecular weight is 666 g/mol. The molecule has 0 heterocycles. The normalized spacial score (nSPS) is 10.4. The number of amides is 2. The molecule has 32 heavy (non-hydrogen) atoms. The predicted molar refractivity (Wildman–Crippen MR) is 135 cm³/mol. The highest BCUT2D eigenvalue weighted by atomic mass is 127. The molecule has 0 spiro atoms. The largest absolute Gasteiger partial charge is 0.352 e. The van der Waals surface area contributed by atoms with Gasteiger partial charge in [0.2, 0.25) is 0 Å². The van der Waals surface area contributed by atoms with Crippen LogP contribution in [0.15, 0.2) is 36.4 Å². The van der Waals surface area contributed by atoms with E-state index in [0.717, 1.165) is 25.7 Å². The van der Waals surface area contributed by atoms with Gasteiger partial charge in [0.1, 0.15) is 0 Å². The van der Waals surface area contributed by atoms with Gasteiger partial charge in [0.25, 0.3) is 23.2 Å². The van der Waals surface area contributed by atoms with Crippen LogP contribution in [0.2, 0.25) is 0 Å². The Bertz CT molecular complexity index is 950. The van der Waals surface area contributed by atoms with Gasteiger partial charge >= 0.3 is 0 Å². The maximum absolute atomic E-state index is 12.3. The highest BCUT2D eigenvalue weighted by molar-refractivity contribution is 14.1. The minimum atomic E-state index is -0.536. The zero-order valence-corrected chi connectivity index (χ0v) is 21.1. The first kappa shape index (κ1) is 25.9. The van der Waals surface area contributed by atoms with Gasteiger partial charge in [-0.3, -0.25) is 29.8 Å². The van der Waals surface area contributed by atoms with E-state index in [2.05, 4.69) is 10.6 Å². The van der Waals surface area contributed by atoms with Crippen molar-refractivity contribution in [1.29, 1.82) is 0 Å². The highest BCUT2D eigenvalue weighted by Gasteiger charge is 2.16. The fourth-order valence-corrected chi connectivity index (χ4v) is 3.96. The van der Waals surface area contributed by atoms with Crippen LogP contribution < -0.4 is 10.6 Å². The van der Waals surface area contributed by atoms with Crippen molar-refractivity contribution in [3.8, 4) is 0 Å². The van der Waals surface area contributed by atoms with E-state index < -0.39 is 9.85 Å². The molecule has 0 aliphatic rings. The van der Waals surface area contributed by atoms with Crippen molar-refractivity contribution >= 4 is 68.4 Å².